The van der Waals surface area contributed by atoms with E-state index in [2.05, 4.69) is 29.2 Å². The maximum atomic E-state index is 3.22. The van der Waals surface area contributed by atoms with Crippen LogP contribution in [0.15, 0.2) is 30.3 Å². The summed E-state index contributed by atoms with van der Waals surface area (Å²) in [4.78, 5) is 3.22. The fourth-order valence-electron chi connectivity index (χ4n) is 0.800. The second kappa shape index (κ2) is 3.43. The first-order chi connectivity index (χ1) is 4.43. The molecule has 0 atom stereocenters. The second-order valence-electron chi connectivity index (χ2n) is 2.02. The van der Waals surface area contributed by atoms with Crippen LogP contribution in [0.1, 0.15) is 0 Å². The zero-order valence-corrected chi connectivity index (χ0v) is 7.01. The second-order valence-corrected chi connectivity index (χ2v) is 3.89. The van der Waals surface area contributed by atoms with E-state index in [0.717, 1.165) is 0 Å². The van der Waals surface area contributed by atoms with Crippen LogP contribution in [0.2, 0.25) is 0 Å². The molecule has 0 spiro atoms. The third kappa shape index (κ3) is 1.99. The predicted octanol–water partition coefficient (Wildman–Crippen LogP) is -0.385. The van der Waals surface area contributed by atoms with Gasteiger partial charge in [0.15, 0.2) is 0 Å². The molecule has 1 rings (SSSR count). The Morgan fingerprint density at radius 2 is 1.89 bits per heavy atom. The molecule has 0 heterocycles. The van der Waals surface area contributed by atoms with Crippen LogP contribution in [0, 0.1) is 0 Å². The summed E-state index contributed by atoms with van der Waals surface area (Å²) in [6, 6.07) is 10.6. The highest BCUT2D eigenvalue weighted by molar-refractivity contribution is 6.50. The molecule has 2 heteroatoms. The van der Waals surface area contributed by atoms with Crippen LogP contribution in [0.5, 0.6) is 0 Å². The first kappa shape index (κ1) is 6.52. The molecule has 0 aliphatic carbocycles. The maximum absolute atomic E-state index is 3.22. The lowest BCUT2D eigenvalue weighted by atomic mass is 10.4. The van der Waals surface area contributed by atoms with Gasteiger partial charge in [-0.05, 0) is 7.05 Å². The van der Waals surface area contributed by atoms with Gasteiger partial charge in [-0.3, -0.25) is 0 Å². The van der Waals surface area contributed by atoms with E-state index in [0.29, 0.717) is 0 Å². The van der Waals surface area contributed by atoms with Gasteiger partial charge in [0.05, 0.1) is 0 Å². The zero-order valence-electron chi connectivity index (χ0n) is 5.59. The van der Waals surface area contributed by atoms with Crippen molar-refractivity contribution in [3.63, 3.8) is 0 Å². The van der Waals surface area contributed by atoms with Gasteiger partial charge in [0, 0.05) is 0 Å². The number of nitrogens with one attached hydrogen (secondary N) is 1. The van der Waals surface area contributed by atoms with Crippen molar-refractivity contribution in [1.29, 1.82) is 0 Å². The molecule has 0 fully saturated rings. The molecule has 0 saturated heterocycles. The molecule has 0 amide bonds. The van der Waals surface area contributed by atoms with Crippen molar-refractivity contribution < 1.29 is 0 Å². The zero-order chi connectivity index (χ0) is 6.53. The van der Waals surface area contributed by atoms with Gasteiger partial charge in [0.2, 0.25) is 0 Å². The summed E-state index contributed by atoms with van der Waals surface area (Å²) >= 11 is 0. The fourth-order valence-corrected chi connectivity index (χ4v) is 1.72. The number of benzene rings is 1. The largest absolute Gasteiger partial charge is 0.341 e. The Morgan fingerprint density at radius 3 is 2.44 bits per heavy atom. The summed E-state index contributed by atoms with van der Waals surface area (Å²) in [6.07, 6.45) is 0. The van der Waals surface area contributed by atoms with Crippen molar-refractivity contribution in [1.82, 2.24) is 4.98 Å². The standard InChI is InChI=1S/C7H11NSi/c1-8-9-7-5-3-2-4-6-7/h2-6,8H,9H2,1H3. The first-order valence-corrected chi connectivity index (χ1v) is 4.53. The van der Waals surface area contributed by atoms with Gasteiger partial charge in [0.1, 0.15) is 9.68 Å². The van der Waals surface area contributed by atoms with Crippen LogP contribution in [0.3, 0.4) is 0 Å². The van der Waals surface area contributed by atoms with E-state index in [-0.39, 0.29) is 9.68 Å². The van der Waals surface area contributed by atoms with E-state index < -0.39 is 0 Å². The van der Waals surface area contributed by atoms with E-state index in [1.54, 1.807) is 0 Å². The Morgan fingerprint density at radius 1 is 1.22 bits per heavy atom. The summed E-state index contributed by atoms with van der Waals surface area (Å²) in [6.45, 7) is 0. The topological polar surface area (TPSA) is 12.0 Å². The molecule has 9 heavy (non-hydrogen) atoms. The van der Waals surface area contributed by atoms with Gasteiger partial charge in [-0.1, -0.05) is 35.5 Å². The van der Waals surface area contributed by atoms with Crippen LogP contribution in [0.4, 0.5) is 0 Å². The van der Waals surface area contributed by atoms with Gasteiger partial charge in [-0.15, -0.1) is 0 Å². The average molecular weight is 137 g/mol. The quantitative estimate of drug-likeness (QED) is 0.548. The minimum absolute atomic E-state index is 0.151. The van der Waals surface area contributed by atoms with Gasteiger partial charge in [-0.2, -0.15) is 0 Å². The number of hydrogen-bond acceptors (Lipinski definition) is 1. The summed E-state index contributed by atoms with van der Waals surface area (Å²) in [5.74, 6) is 0. The lowest BCUT2D eigenvalue weighted by molar-refractivity contribution is 1.26. The summed E-state index contributed by atoms with van der Waals surface area (Å²) in [7, 11) is 1.86. The Kier molecular flexibility index (Phi) is 2.48. The van der Waals surface area contributed by atoms with Gasteiger partial charge in [0.25, 0.3) is 0 Å². The molecule has 1 aromatic rings. The van der Waals surface area contributed by atoms with Gasteiger partial charge in [-0.25, -0.2) is 0 Å². The molecule has 0 radical (unpaired) electrons. The van der Waals surface area contributed by atoms with E-state index in [4.69, 9.17) is 0 Å². The smallest absolute Gasteiger partial charge is 0.124 e. The SMILES string of the molecule is CN[SiH2]c1ccccc1. The summed E-state index contributed by atoms with van der Waals surface area (Å²) in [5, 5.41) is 1.47. The molecule has 0 aliphatic rings. The van der Waals surface area contributed by atoms with Gasteiger partial charge < -0.3 is 4.98 Å². The predicted molar refractivity (Wildman–Crippen MR) is 43.7 cm³/mol. The molecule has 1 nitrogen and oxygen atoms in total. The number of rotatable bonds is 2. The molecule has 48 valence electrons. The van der Waals surface area contributed by atoms with Crippen molar-refractivity contribution in [3.05, 3.63) is 30.3 Å². The lowest BCUT2D eigenvalue weighted by Gasteiger charge is -1.94. The van der Waals surface area contributed by atoms with E-state index in [1.165, 1.54) is 5.19 Å². The highest BCUT2D eigenvalue weighted by Crippen LogP contribution is 1.78. The summed E-state index contributed by atoms with van der Waals surface area (Å²) in [5.41, 5.74) is 0. The molecule has 1 aromatic carbocycles. The van der Waals surface area contributed by atoms with Gasteiger partial charge >= 0.3 is 0 Å². The summed E-state index contributed by atoms with van der Waals surface area (Å²) < 4.78 is 0. The minimum Gasteiger partial charge on any atom is -0.341 e. The first-order valence-electron chi connectivity index (χ1n) is 3.12. The van der Waals surface area contributed by atoms with Crippen molar-refractivity contribution in [2.45, 2.75) is 0 Å². The molecular formula is C7H11NSi. The Bertz CT molecular complexity index is 162. The molecular weight excluding hydrogens is 126 g/mol. The molecule has 0 saturated carbocycles. The molecule has 1 N–H and O–H groups in total. The van der Waals surface area contributed by atoms with E-state index in [1.807, 2.05) is 13.1 Å². The van der Waals surface area contributed by atoms with Crippen molar-refractivity contribution in [2.24, 2.45) is 0 Å². The normalized spacial score (nSPS) is 10.8. The Hall–Kier alpha value is -0.603. The Balaban J connectivity index is 2.61. The lowest BCUT2D eigenvalue weighted by Crippen LogP contribution is -2.26. The van der Waals surface area contributed by atoms with Crippen LogP contribution in [-0.4, -0.2) is 16.7 Å². The molecule has 0 aliphatic heterocycles. The minimum atomic E-state index is -0.151. The van der Waals surface area contributed by atoms with Crippen LogP contribution < -0.4 is 10.2 Å². The third-order valence-electron chi connectivity index (χ3n) is 1.22. The highest BCUT2D eigenvalue weighted by Gasteiger charge is 1.85. The Labute approximate surface area is 58.0 Å². The monoisotopic (exact) mass is 137 g/mol. The molecule has 0 unspecified atom stereocenters. The number of hydrogen-bond donors (Lipinski definition) is 1. The van der Waals surface area contributed by atoms with E-state index >= 15 is 0 Å². The highest BCUT2D eigenvalue weighted by atomic mass is 28.2. The molecule has 0 bridgehead atoms. The van der Waals surface area contributed by atoms with Crippen molar-refractivity contribution in [2.75, 3.05) is 7.05 Å². The molecule has 0 aromatic heterocycles. The van der Waals surface area contributed by atoms with Crippen LogP contribution in [0.25, 0.3) is 0 Å². The van der Waals surface area contributed by atoms with Crippen molar-refractivity contribution >= 4 is 14.9 Å². The fraction of sp³-hybridized carbons (Fsp3) is 0.143. The van der Waals surface area contributed by atoms with E-state index in [9.17, 15) is 0 Å². The average Bonchev–Trinajstić information content (AvgIpc) is 1.91. The maximum Gasteiger partial charge on any atom is 0.124 e. The van der Waals surface area contributed by atoms with Crippen molar-refractivity contribution in [3.8, 4) is 0 Å². The third-order valence-corrected chi connectivity index (χ3v) is 2.46. The van der Waals surface area contributed by atoms with Crippen LogP contribution >= 0.6 is 0 Å². The van der Waals surface area contributed by atoms with Crippen LogP contribution in [-0.2, 0) is 0 Å².